The van der Waals surface area contributed by atoms with Crippen molar-refractivity contribution < 1.29 is 4.74 Å². The maximum Gasteiger partial charge on any atom is 0.123 e. The van der Waals surface area contributed by atoms with Crippen LogP contribution in [0.4, 0.5) is 0 Å². The van der Waals surface area contributed by atoms with E-state index in [2.05, 4.69) is 32.9 Å². The van der Waals surface area contributed by atoms with Gasteiger partial charge in [0.15, 0.2) is 0 Å². The molecule has 24 heavy (non-hydrogen) atoms. The number of nitrogens with zero attached hydrogens (tertiary/aromatic N) is 2. The number of aryl methyl sites for hydroxylation is 2. The van der Waals surface area contributed by atoms with E-state index < -0.39 is 0 Å². The number of ether oxygens (including phenoxy) is 1. The number of aromatic nitrogens is 2. The van der Waals surface area contributed by atoms with Gasteiger partial charge in [-0.2, -0.15) is 5.10 Å². The molecule has 1 heterocycles. The highest BCUT2D eigenvalue weighted by Gasteiger charge is 2.20. The Morgan fingerprint density at radius 3 is 2.58 bits per heavy atom. The summed E-state index contributed by atoms with van der Waals surface area (Å²) in [5.74, 6) is 1.57. The van der Waals surface area contributed by atoms with Crippen LogP contribution in [0.5, 0.6) is 5.75 Å². The van der Waals surface area contributed by atoms with Gasteiger partial charge in [-0.1, -0.05) is 31.1 Å². The van der Waals surface area contributed by atoms with E-state index in [1.807, 2.05) is 10.7 Å². The molecule has 0 saturated heterocycles. The van der Waals surface area contributed by atoms with E-state index >= 15 is 0 Å². The van der Waals surface area contributed by atoms with Crippen LogP contribution in [0.25, 0.3) is 0 Å². The molecule has 1 saturated carbocycles. The van der Waals surface area contributed by atoms with Crippen molar-refractivity contribution >= 4 is 12.2 Å². The quantitative estimate of drug-likeness (QED) is 0.710. The summed E-state index contributed by atoms with van der Waals surface area (Å²) in [6.07, 6.45) is 5.20. The second kappa shape index (κ2) is 7.06. The third-order valence-electron chi connectivity index (χ3n) is 5.33. The van der Waals surface area contributed by atoms with Crippen molar-refractivity contribution in [2.24, 2.45) is 0 Å². The van der Waals surface area contributed by atoms with Gasteiger partial charge in [0.2, 0.25) is 0 Å². The molecule has 1 aliphatic rings. The molecule has 1 aromatic carbocycles. The van der Waals surface area contributed by atoms with Gasteiger partial charge >= 0.3 is 0 Å². The van der Waals surface area contributed by atoms with Gasteiger partial charge in [-0.25, -0.2) is 4.68 Å². The van der Waals surface area contributed by atoms with E-state index in [0.29, 0.717) is 12.5 Å². The Hall–Kier alpha value is -1.68. The van der Waals surface area contributed by atoms with Crippen molar-refractivity contribution in [1.82, 2.24) is 9.78 Å². The smallest absolute Gasteiger partial charge is 0.123 e. The monoisotopic (exact) mass is 342 g/mol. The zero-order chi connectivity index (χ0) is 17.3. The van der Waals surface area contributed by atoms with Crippen LogP contribution >= 0.6 is 12.2 Å². The summed E-state index contributed by atoms with van der Waals surface area (Å²) < 4.78 is 8.24. The number of benzene rings is 1. The van der Waals surface area contributed by atoms with Crippen molar-refractivity contribution in [3.8, 4) is 5.75 Å². The van der Waals surface area contributed by atoms with Gasteiger partial charge in [-0.15, -0.1) is 0 Å². The summed E-state index contributed by atoms with van der Waals surface area (Å²) in [6, 6.07) is 6.30. The molecule has 128 valence electrons. The molecule has 2 aromatic rings. The molecule has 1 aromatic heterocycles. The van der Waals surface area contributed by atoms with Crippen LogP contribution in [-0.2, 0) is 6.54 Å². The van der Waals surface area contributed by atoms with Crippen molar-refractivity contribution in [2.75, 3.05) is 7.11 Å². The lowest BCUT2D eigenvalue weighted by Gasteiger charge is -2.18. The summed E-state index contributed by atoms with van der Waals surface area (Å²) in [6.45, 7) is 7.04. The van der Waals surface area contributed by atoms with Crippen LogP contribution in [-0.4, -0.2) is 16.9 Å². The number of hydrogen-bond acceptors (Lipinski definition) is 3. The summed E-state index contributed by atoms with van der Waals surface area (Å²) >= 11 is 5.65. The molecule has 3 nitrogen and oxygen atoms in total. The number of methoxy groups -OCH3 is 1. The molecule has 3 rings (SSSR count). The maximum atomic E-state index is 5.65. The summed E-state index contributed by atoms with van der Waals surface area (Å²) in [5, 5.41) is 4.82. The molecule has 0 spiro atoms. The highest BCUT2D eigenvalue weighted by Crippen LogP contribution is 2.35. The third-order valence-corrected chi connectivity index (χ3v) is 5.66. The highest BCUT2D eigenvalue weighted by molar-refractivity contribution is 7.71. The van der Waals surface area contributed by atoms with Crippen molar-refractivity contribution in [2.45, 2.75) is 58.9 Å². The fourth-order valence-corrected chi connectivity index (χ4v) is 4.08. The molecular formula is C20H26N2OS. The fraction of sp³-hybridized carbons (Fsp3) is 0.500. The predicted molar refractivity (Wildman–Crippen MR) is 101 cm³/mol. The lowest BCUT2D eigenvalue weighted by Crippen LogP contribution is -2.13. The first-order valence-corrected chi connectivity index (χ1v) is 9.13. The molecule has 0 N–H and O–H groups in total. The number of hydrogen-bond donors (Lipinski definition) is 0. The number of rotatable bonds is 4. The van der Waals surface area contributed by atoms with Gasteiger partial charge in [0.05, 0.1) is 19.3 Å². The molecule has 0 amide bonds. The van der Waals surface area contributed by atoms with E-state index in [-0.39, 0.29) is 0 Å². The first-order valence-electron chi connectivity index (χ1n) is 8.73. The molecule has 0 bridgehead atoms. The third kappa shape index (κ3) is 3.25. The van der Waals surface area contributed by atoms with Gasteiger partial charge in [0.1, 0.15) is 10.4 Å². The SMILES string of the molecule is COc1ccc(C)c(Cn2nc(C)c(C3CCCC3)cc2=S)c1C. The molecule has 1 fully saturated rings. The summed E-state index contributed by atoms with van der Waals surface area (Å²) in [4.78, 5) is 0. The average Bonchev–Trinajstić information content (AvgIpc) is 3.08. The molecule has 0 atom stereocenters. The first-order chi connectivity index (χ1) is 11.5. The van der Waals surface area contributed by atoms with Crippen molar-refractivity contribution in [3.05, 3.63) is 50.8 Å². The van der Waals surface area contributed by atoms with Crippen LogP contribution in [0.3, 0.4) is 0 Å². The molecule has 0 radical (unpaired) electrons. The van der Waals surface area contributed by atoms with E-state index in [1.54, 1.807) is 7.11 Å². The second-order valence-corrected chi connectivity index (χ2v) is 7.27. The van der Waals surface area contributed by atoms with Crippen molar-refractivity contribution in [1.29, 1.82) is 0 Å². The zero-order valence-corrected chi connectivity index (χ0v) is 15.9. The normalized spacial score (nSPS) is 15.0. The zero-order valence-electron chi connectivity index (χ0n) is 15.1. The van der Waals surface area contributed by atoms with E-state index in [9.17, 15) is 0 Å². The Morgan fingerprint density at radius 1 is 1.21 bits per heavy atom. The average molecular weight is 343 g/mol. The Balaban J connectivity index is 1.97. The molecule has 1 aliphatic carbocycles. The van der Waals surface area contributed by atoms with E-state index in [4.69, 9.17) is 22.1 Å². The lowest BCUT2D eigenvalue weighted by atomic mass is 9.97. The summed E-state index contributed by atoms with van der Waals surface area (Å²) in [7, 11) is 1.71. The van der Waals surface area contributed by atoms with E-state index in [1.165, 1.54) is 47.9 Å². The Kier molecular flexibility index (Phi) is 5.04. The largest absolute Gasteiger partial charge is 0.496 e. The molecule has 0 aliphatic heterocycles. The van der Waals surface area contributed by atoms with Crippen molar-refractivity contribution in [3.63, 3.8) is 0 Å². The van der Waals surface area contributed by atoms with Gasteiger partial charge in [-0.3, -0.25) is 0 Å². The molecule has 0 unspecified atom stereocenters. The topological polar surface area (TPSA) is 27.1 Å². The predicted octanol–water partition coefficient (Wildman–Crippen LogP) is 5.25. The highest BCUT2D eigenvalue weighted by atomic mass is 32.1. The Morgan fingerprint density at radius 2 is 1.92 bits per heavy atom. The van der Waals surface area contributed by atoms with Gasteiger partial charge in [-0.05, 0) is 73.9 Å². The van der Waals surface area contributed by atoms with Crippen LogP contribution in [0.15, 0.2) is 18.2 Å². The maximum absolute atomic E-state index is 5.65. The summed E-state index contributed by atoms with van der Waals surface area (Å²) in [5.41, 5.74) is 6.13. The fourth-order valence-electron chi connectivity index (χ4n) is 3.85. The molecular weight excluding hydrogens is 316 g/mol. The van der Waals surface area contributed by atoms with Gasteiger partial charge < -0.3 is 4.74 Å². The van der Waals surface area contributed by atoms with Crippen LogP contribution in [0.1, 0.15) is 59.5 Å². The Labute approximate surface area is 149 Å². The van der Waals surface area contributed by atoms with Gasteiger partial charge in [0.25, 0.3) is 0 Å². The van der Waals surface area contributed by atoms with Gasteiger partial charge in [0, 0.05) is 0 Å². The van der Waals surface area contributed by atoms with Crippen LogP contribution < -0.4 is 4.74 Å². The standard InChI is InChI=1S/C20H26N2OS/c1-13-9-10-19(23-4)14(2)18(13)12-22-20(24)11-17(15(3)21-22)16-7-5-6-8-16/h9-11,16H,5-8,12H2,1-4H3. The second-order valence-electron chi connectivity index (χ2n) is 6.85. The minimum Gasteiger partial charge on any atom is -0.496 e. The minimum absolute atomic E-state index is 0.647. The Bertz CT molecular complexity index is 804. The van der Waals surface area contributed by atoms with E-state index in [0.717, 1.165) is 16.1 Å². The molecule has 4 heteroatoms. The first kappa shape index (κ1) is 17.2. The lowest BCUT2D eigenvalue weighted by molar-refractivity contribution is 0.410. The minimum atomic E-state index is 0.647. The van der Waals surface area contributed by atoms with Crippen LogP contribution in [0.2, 0.25) is 0 Å². The van der Waals surface area contributed by atoms with Crippen LogP contribution in [0, 0.1) is 25.4 Å².